The first-order chi connectivity index (χ1) is 18.9. The molecule has 200 valence electrons. The van der Waals surface area contributed by atoms with Crippen LogP contribution in [0.2, 0.25) is 0 Å². The summed E-state index contributed by atoms with van der Waals surface area (Å²) in [6.07, 6.45) is 8.37. The molecule has 0 aliphatic carbocycles. The minimum Gasteiger partial charge on any atom is -0.505 e. The second kappa shape index (κ2) is 11.1. The molecule has 1 N–H and O–H groups in total. The molecular formula is C31H32N4O4. The predicted molar refractivity (Wildman–Crippen MR) is 148 cm³/mol. The number of aryl methyl sites for hydroxylation is 2. The number of ketones is 1. The Morgan fingerprint density at radius 2 is 1.85 bits per heavy atom. The first-order valence-corrected chi connectivity index (χ1v) is 13.3. The number of amides is 1. The molecule has 5 rings (SSSR count). The molecule has 8 heteroatoms. The van der Waals surface area contributed by atoms with E-state index in [1.807, 2.05) is 66.9 Å². The van der Waals surface area contributed by atoms with Gasteiger partial charge in [-0.25, -0.2) is 4.98 Å². The van der Waals surface area contributed by atoms with Gasteiger partial charge >= 0.3 is 0 Å². The topological polar surface area (TPSA) is 97.0 Å². The summed E-state index contributed by atoms with van der Waals surface area (Å²) in [6.45, 7) is 6.70. The molecule has 1 fully saturated rings. The van der Waals surface area contributed by atoms with Gasteiger partial charge in [0.2, 0.25) is 0 Å². The first-order valence-electron chi connectivity index (χ1n) is 13.3. The van der Waals surface area contributed by atoms with Gasteiger partial charge in [0.25, 0.3) is 11.7 Å². The van der Waals surface area contributed by atoms with Crippen LogP contribution in [0, 0.1) is 13.8 Å². The van der Waals surface area contributed by atoms with E-state index >= 15 is 0 Å². The lowest BCUT2D eigenvalue weighted by Crippen LogP contribution is -2.29. The van der Waals surface area contributed by atoms with Crippen molar-refractivity contribution in [1.29, 1.82) is 0 Å². The maximum atomic E-state index is 13.5. The van der Waals surface area contributed by atoms with E-state index in [-0.39, 0.29) is 23.6 Å². The third-order valence-corrected chi connectivity index (χ3v) is 7.14. The Kier molecular flexibility index (Phi) is 7.45. The molecule has 0 spiro atoms. The van der Waals surface area contributed by atoms with Crippen LogP contribution in [0.5, 0.6) is 5.75 Å². The zero-order valence-electron chi connectivity index (χ0n) is 22.4. The van der Waals surface area contributed by atoms with Crippen LogP contribution >= 0.6 is 0 Å². The van der Waals surface area contributed by atoms with E-state index in [4.69, 9.17) is 4.74 Å². The Labute approximate surface area is 227 Å². The average Bonchev–Trinajstić information content (AvgIpc) is 3.42. The van der Waals surface area contributed by atoms with Crippen LogP contribution in [0.1, 0.15) is 60.3 Å². The first kappa shape index (κ1) is 26.2. The highest BCUT2D eigenvalue weighted by atomic mass is 16.5. The van der Waals surface area contributed by atoms with Crippen molar-refractivity contribution in [2.75, 3.05) is 6.61 Å². The van der Waals surface area contributed by atoms with E-state index < -0.39 is 17.7 Å². The normalized spacial score (nSPS) is 16.8. The monoisotopic (exact) mass is 524 g/mol. The fourth-order valence-electron chi connectivity index (χ4n) is 5.04. The molecular weight excluding hydrogens is 492 g/mol. The summed E-state index contributed by atoms with van der Waals surface area (Å²) in [5, 5.41) is 11.6. The molecule has 1 atom stereocenters. The number of fused-ring (bicyclic) bond motifs is 1. The molecule has 0 radical (unpaired) electrons. The van der Waals surface area contributed by atoms with Crippen molar-refractivity contribution >= 4 is 23.1 Å². The number of pyridine rings is 2. The highest BCUT2D eigenvalue weighted by Gasteiger charge is 2.46. The van der Waals surface area contributed by atoms with Crippen LogP contribution in [-0.4, -0.2) is 42.7 Å². The molecule has 0 saturated carbocycles. The molecule has 3 aromatic heterocycles. The van der Waals surface area contributed by atoms with E-state index in [9.17, 15) is 14.7 Å². The van der Waals surface area contributed by atoms with Gasteiger partial charge in [-0.2, -0.15) is 0 Å². The van der Waals surface area contributed by atoms with Crippen molar-refractivity contribution in [1.82, 2.24) is 19.3 Å². The molecule has 4 heterocycles. The van der Waals surface area contributed by atoms with Gasteiger partial charge in [-0.05, 0) is 61.2 Å². The lowest BCUT2D eigenvalue weighted by Gasteiger charge is -2.25. The molecule has 4 aromatic rings. The molecule has 1 unspecified atom stereocenters. The van der Waals surface area contributed by atoms with Crippen molar-refractivity contribution in [2.24, 2.45) is 0 Å². The van der Waals surface area contributed by atoms with Crippen molar-refractivity contribution in [2.45, 2.75) is 52.6 Å². The Morgan fingerprint density at radius 3 is 2.54 bits per heavy atom. The van der Waals surface area contributed by atoms with Gasteiger partial charge in [0, 0.05) is 25.1 Å². The van der Waals surface area contributed by atoms with E-state index in [1.165, 1.54) is 4.90 Å². The van der Waals surface area contributed by atoms with Gasteiger partial charge in [0.1, 0.15) is 17.1 Å². The highest BCUT2D eigenvalue weighted by molar-refractivity contribution is 6.46. The smallest absolute Gasteiger partial charge is 0.295 e. The van der Waals surface area contributed by atoms with Crippen molar-refractivity contribution in [3.63, 3.8) is 0 Å². The number of hydrogen-bond acceptors (Lipinski definition) is 6. The number of hydrogen-bond donors (Lipinski definition) is 1. The zero-order valence-corrected chi connectivity index (χ0v) is 22.4. The lowest BCUT2D eigenvalue weighted by atomic mass is 9.96. The fourth-order valence-corrected chi connectivity index (χ4v) is 5.04. The Morgan fingerprint density at radius 1 is 1.05 bits per heavy atom. The minimum absolute atomic E-state index is 0.0182. The fraction of sp³-hybridized carbons (Fsp3) is 0.290. The summed E-state index contributed by atoms with van der Waals surface area (Å²) < 4.78 is 7.74. The van der Waals surface area contributed by atoms with Crippen LogP contribution < -0.4 is 4.74 Å². The second-order valence-corrected chi connectivity index (χ2v) is 9.84. The van der Waals surface area contributed by atoms with Crippen LogP contribution in [0.25, 0.3) is 11.4 Å². The third-order valence-electron chi connectivity index (χ3n) is 7.14. The molecule has 8 nitrogen and oxygen atoms in total. The number of rotatable bonds is 9. The van der Waals surface area contributed by atoms with E-state index in [1.54, 1.807) is 18.5 Å². The molecule has 1 aliphatic rings. The Hall–Kier alpha value is -4.46. The number of aliphatic hydroxyl groups is 1. The number of imidazole rings is 1. The largest absolute Gasteiger partial charge is 0.505 e. The van der Waals surface area contributed by atoms with E-state index in [2.05, 4.69) is 16.9 Å². The second-order valence-electron chi connectivity index (χ2n) is 9.84. The number of unbranched alkanes of at least 4 members (excludes halogenated alkanes) is 2. The quantitative estimate of drug-likeness (QED) is 0.134. The molecule has 39 heavy (non-hydrogen) atoms. The number of carbonyl (C=O) groups excluding carboxylic acids is 2. The summed E-state index contributed by atoms with van der Waals surface area (Å²) >= 11 is 0. The predicted octanol–water partition coefficient (Wildman–Crippen LogP) is 5.54. The molecule has 1 saturated heterocycles. The minimum atomic E-state index is -0.801. The van der Waals surface area contributed by atoms with Gasteiger partial charge in [0.05, 0.1) is 23.9 Å². The molecule has 1 aromatic carbocycles. The zero-order chi connectivity index (χ0) is 27.5. The molecule has 1 aliphatic heterocycles. The van der Waals surface area contributed by atoms with Gasteiger partial charge in [-0.3, -0.25) is 14.6 Å². The SMILES string of the molecule is CCCCCOc1ccc(C2C(=C(O)c3nc4c(C)cccn4c3C)C(=O)C(=O)N2Cc2cccnc2)cc1. The number of ether oxygens (including phenoxy) is 1. The standard InChI is InChI=1S/C31H32N4O4/c1-4-5-6-17-39-24-13-11-23(12-14-24)27-25(29(37)31(38)35(27)19-22-10-7-15-32-18-22)28(36)26-21(3)34-16-8-9-20(2)30(34)33-26/h7-16,18,27,36H,4-6,17,19H2,1-3H3. The molecule has 1 amide bonds. The number of nitrogens with zero attached hydrogens (tertiary/aromatic N) is 4. The highest BCUT2D eigenvalue weighted by Crippen LogP contribution is 2.41. The summed E-state index contributed by atoms with van der Waals surface area (Å²) in [4.78, 5) is 37.2. The lowest BCUT2D eigenvalue weighted by molar-refractivity contribution is -0.140. The number of Topliss-reactive ketones (excluding diaryl/α,β-unsaturated/α-hetero) is 1. The number of aliphatic hydroxyl groups excluding tert-OH is 1. The van der Waals surface area contributed by atoms with Crippen molar-refractivity contribution in [3.8, 4) is 5.75 Å². The summed E-state index contributed by atoms with van der Waals surface area (Å²) in [6, 6.07) is 14.0. The van der Waals surface area contributed by atoms with Crippen LogP contribution in [0.15, 0.2) is 72.7 Å². The van der Waals surface area contributed by atoms with Crippen molar-refractivity contribution < 1.29 is 19.4 Å². The number of benzene rings is 1. The third kappa shape index (κ3) is 5.02. The number of aromatic nitrogens is 3. The van der Waals surface area contributed by atoms with Gasteiger partial charge < -0.3 is 19.1 Å². The summed E-state index contributed by atoms with van der Waals surface area (Å²) in [5.74, 6) is -0.990. The molecule has 0 bridgehead atoms. The summed E-state index contributed by atoms with van der Waals surface area (Å²) in [7, 11) is 0. The van der Waals surface area contributed by atoms with Gasteiger partial charge in [0.15, 0.2) is 5.76 Å². The number of likely N-dealkylation sites (tertiary alicyclic amines) is 1. The maximum absolute atomic E-state index is 13.5. The van der Waals surface area contributed by atoms with Crippen molar-refractivity contribution in [3.05, 3.63) is 101 Å². The summed E-state index contributed by atoms with van der Waals surface area (Å²) in [5.41, 5.74) is 4.07. The maximum Gasteiger partial charge on any atom is 0.295 e. The average molecular weight is 525 g/mol. The number of carbonyl (C=O) groups is 2. The van der Waals surface area contributed by atoms with Crippen LogP contribution in [0.3, 0.4) is 0 Å². The van der Waals surface area contributed by atoms with Crippen LogP contribution in [0.4, 0.5) is 0 Å². The Balaban J connectivity index is 1.59. The van der Waals surface area contributed by atoms with Crippen LogP contribution in [-0.2, 0) is 16.1 Å². The van der Waals surface area contributed by atoms with E-state index in [0.29, 0.717) is 29.3 Å². The van der Waals surface area contributed by atoms with Gasteiger partial charge in [-0.15, -0.1) is 0 Å². The Bertz CT molecular complexity index is 1540. The van der Waals surface area contributed by atoms with E-state index in [0.717, 1.165) is 30.4 Å². The van der Waals surface area contributed by atoms with Gasteiger partial charge in [-0.1, -0.05) is 44.0 Å².